The highest BCUT2D eigenvalue weighted by Gasteiger charge is 2.51. The molecule has 0 aromatic heterocycles. The van der Waals surface area contributed by atoms with Crippen LogP contribution in [0.5, 0.6) is 17.2 Å². The number of benzene rings is 1. The van der Waals surface area contributed by atoms with Crippen LogP contribution in [-0.4, -0.2) is 23.1 Å². The van der Waals surface area contributed by atoms with Gasteiger partial charge in [-0.3, -0.25) is 4.79 Å². The molecular weight excluding hydrogens is 316 g/mol. The van der Waals surface area contributed by atoms with E-state index in [4.69, 9.17) is 4.74 Å². The SMILES string of the molecule is C=C1[C@H]2CC(=O)c3c(O)c(C(C)C)c(OC)c(O)c3[C@@]2(C)CC[C@@H]1C. The molecule has 1 aromatic carbocycles. The van der Waals surface area contributed by atoms with Gasteiger partial charge in [0.2, 0.25) is 0 Å². The first-order valence-corrected chi connectivity index (χ1v) is 9.03. The Balaban J connectivity index is 2.36. The van der Waals surface area contributed by atoms with E-state index in [0.717, 1.165) is 18.4 Å². The summed E-state index contributed by atoms with van der Waals surface area (Å²) in [5.41, 5.74) is 1.97. The third kappa shape index (κ3) is 2.30. The van der Waals surface area contributed by atoms with Crippen LogP contribution in [-0.2, 0) is 5.41 Å². The molecule has 0 amide bonds. The summed E-state index contributed by atoms with van der Waals surface area (Å²) >= 11 is 0. The first kappa shape index (κ1) is 17.8. The van der Waals surface area contributed by atoms with Crippen molar-refractivity contribution in [3.8, 4) is 17.2 Å². The van der Waals surface area contributed by atoms with E-state index >= 15 is 0 Å². The number of ketones is 1. The molecule has 2 aliphatic carbocycles. The van der Waals surface area contributed by atoms with Gasteiger partial charge < -0.3 is 14.9 Å². The number of hydrogen-bond acceptors (Lipinski definition) is 4. The van der Waals surface area contributed by atoms with Gasteiger partial charge in [-0.25, -0.2) is 0 Å². The largest absolute Gasteiger partial charge is 0.507 e. The summed E-state index contributed by atoms with van der Waals surface area (Å²) in [6.07, 6.45) is 2.13. The van der Waals surface area contributed by atoms with Crippen molar-refractivity contribution in [3.05, 3.63) is 28.8 Å². The van der Waals surface area contributed by atoms with Gasteiger partial charge in [0.1, 0.15) is 5.75 Å². The van der Waals surface area contributed by atoms with Crippen LogP contribution >= 0.6 is 0 Å². The molecule has 0 heterocycles. The van der Waals surface area contributed by atoms with Crippen LogP contribution < -0.4 is 4.74 Å². The molecule has 3 atom stereocenters. The molecule has 0 saturated heterocycles. The van der Waals surface area contributed by atoms with Crippen molar-refractivity contribution in [2.24, 2.45) is 11.8 Å². The molecule has 1 aromatic rings. The minimum absolute atomic E-state index is 0.00176. The van der Waals surface area contributed by atoms with Crippen molar-refractivity contribution in [1.29, 1.82) is 0 Å². The Bertz CT molecular complexity index is 762. The molecule has 0 unspecified atom stereocenters. The van der Waals surface area contributed by atoms with Crippen LogP contribution in [0.3, 0.4) is 0 Å². The summed E-state index contributed by atoms with van der Waals surface area (Å²) in [6, 6.07) is 0. The van der Waals surface area contributed by atoms with Crippen molar-refractivity contribution < 1.29 is 19.7 Å². The number of Topliss-reactive ketones (excluding diaryl/α,β-unsaturated/α-hetero) is 1. The van der Waals surface area contributed by atoms with Crippen LogP contribution in [0.1, 0.15) is 74.4 Å². The topological polar surface area (TPSA) is 66.8 Å². The highest BCUT2D eigenvalue weighted by atomic mass is 16.5. The van der Waals surface area contributed by atoms with Crippen molar-refractivity contribution in [3.63, 3.8) is 0 Å². The minimum Gasteiger partial charge on any atom is -0.507 e. The summed E-state index contributed by atoms with van der Waals surface area (Å²) in [4.78, 5) is 12.9. The summed E-state index contributed by atoms with van der Waals surface area (Å²) in [5, 5.41) is 21.9. The van der Waals surface area contributed by atoms with E-state index < -0.39 is 5.41 Å². The second kappa shape index (κ2) is 5.79. The number of rotatable bonds is 2. The molecule has 4 heteroatoms. The summed E-state index contributed by atoms with van der Waals surface area (Å²) in [5.74, 6) is 0.396. The van der Waals surface area contributed by atoms with E-state index in [1.54, 1.807) is 0 Å². The lowest BCUT2D eigenvalue weighted by Gasteiger charge is -2.49. The highest BCUT2D eigenvalue weighted by Crippen LogP contribution is 2.60. The zero-order chi connectivity index (χ0) is 18.7. The molecule has 1 fully saturated rings. The quantitative estimate of drug-likeness (QED) is 0.604. The predicted octanol–water partition coefficient (Wildman–Crippen LogP) is 4.68. The summed E-state index contributed by atoms with van der Waals surface area (Å²) < 4.78 is 5.45. The van der Waals surface area contributed by atoms with Crippen LogP contribution in [0.15, 0.2) is 12.2 Å². The Morgan fingerprint density at radius 3 is 2.48 bits per heavy atom. The maximum Gasteiger partial charge on any atom is 0.167 e. The Morgan fingerprint density at radius 1 is 1.28 bits per heavy atom. The van der Waals surface area contributed by atoms with Gasteiger partial charge in [0, 0.05) is 23.0 Å². The average molecular weight is 344 g/mol. The fraction of sp³-hybridized carbons (Fsp3) is 0.571. The van der Waals surface area contributed by atoms with Crippen LogP contribution in [0, 0.1) is 11.8 Å². The van der Waals surface area contributed by atoms with E-state index in [9.17, 15) is 15.0 Å². The number of aromatic hydroxyl groups is 2. The lowest BCUT2D eigenvalue weighted by atomic mass is 9.54. The number of hydrogen-bond donors (Lipinski definition) is 2. The number of phenols is 2. The fourth-order valence-electron chi connectivity index (χ4n) is 4.86. The zero-order valence-corrected chi connectivity index (χ0v) is 15.8. The minimum atomic E-state index is -0.419. The zero-order valence-electron chi connectivity index (χ0n) is 15.8. The normalized spacial score (nSPS) is 28.7. The Hall–Kier alpha value is -1.97. The Morgan fingerprint density at radius 2 is 1.92 bits per heavy atom. The van der Waals surface area contributed by atoms with Gasteiger partial charge >= 0.3 is 0 Å². The summed E-state index contributed by atoms with van der Waals surface area (Å²) in [6.45, 7) is 12.3. The maximum atomic E-state index is 12.9. The second-order valence-electron chi connectivity index (χ2n) is 8.16. The molecular formula is C21H28O4. The Labute approximate surface area is 149 Å². The lowest BCUT2D eigenvalue weighted by molar-refractivity contribution is 0.0883. The molecule has 3 rings (SSSR count). The number of ether oxygens (including phenoxy) is 1. The molecule has 4 nitrogen and oxygen atoms in total. The number of methoxy groups -OCH3 is 1. The molecule has 0 aliphatic heterocycles. The fourth-order valence-corrected chi connectivity index (χ4v) is 4.86. The van der Waals surface area contributed by atoms with Gasteiger partial charge in [-0.05, 0) is 30.6 Å². The summed E-state index contributed by atoms with van der Waals surface area (Å²) in [7, 11) is 1.49. The standard InChI is InChI=1S/C21H28O4/c1-10(2)15-18(23)16-14(22)9-13-12(4)11(3)7-8-21(13,5)17(16)19(24)20(15)25-6/h10-11,13,23-24H,4,7-9H2,1-3,5-6H3/t11-,13+,21-/m0/s1. The maximum absolute atomic E-state index is 12.9. The third-order valence-electron chi connectivity index (χ3n) is 6.41. The van der Waals surface area contributed by atoms with Gasteiger partial charge in [-0.2, -0.15) is 0 Å². The number of carbonyl (C=O) groups is 1. The monoisotopic (exact) mass is 344 g/mol. The number of allylic oxidation sites excluding steroid dienone is 1. The van der Waals surface area contributed by atoms with Crippen molar-refractivity contribution >= 4 is 5.78 Å². The van der Waals surface area contributed by atoms with Gasteiger partial charge in [-0.1, -0.05) is 39.8 Å². The predicted molar refractivity (Wildman–Crippen MR) is 97.7 cm³/mol. The second-order valence-corrected chi connectivity index (χ2v) is 8.16. The van der Waals surface area contributed by atoms with Gasteiger partial charge in [-0.15, -0.1) is 0 Å². The van der Waals surface area contributed by atoms with Crippen molar-refractivity contribution in [1.82, 2.24) is 0 Å². The first-order chi connectivity index (χ1) is 11.6. The van der Waals surface area contributed by atoms with Gasteiger partial charge in [0.05, 0.1) is 12.7 Å². The van der Waals surface area contributed by atoms with Gasteiger partial charge in [0.15, 0.2) is 17.3 Å². The smallest absolute Gasteiger partial charge is 0.167 e. The van der Waals surface area contributed by atoms with Gasteiger partial charge in [0.25, 0.3) is 0 Å². The lowest BCUT2D eigenvalue weighted by Crippen LogP contribution is -2.44. The number of fused-ring (bicyclic) bond motifs is 3. The molecule has 0 radical (unpaired) electrons. The molecule has 136 valence electrons. The molecule has 1 saturated carbocycles. The Kier molecular flexibility index (Phi) is 4.13. The molecule has 0 bridgehead atoms. The van der Waals surface area contributed by atoms with Crippen LogP contribution in [0.25, 0.3) is 0 Å². The van der Waals surface area contributed by atoms with Crippen molar-refractivity contribution in [2.45, 2.75) is 58.3 Å². The van der Waals surface area contributed by atoms with E-state index in [2.05, 4.69) is 20.4 Å². The molecule has 0 spiro atoms. The average Bonchev–Trinajstić information content (AvgIpc) is 2.55. The first-order valence-electron chi connectivity index (χ1n) is 9.03. The van der Waals surface area contributed by atoms with E-state index in [0.29, 0.717) is 23.5 Å². The molecule has 2 aliphatic rings. The van der Waals surface area contributed by atoms with E-state index in [1.165, 1.54) is 7.11 Å². The van der Waals surface area contributed by atoms with Crippen molar-refractivity contribution in [2.75, 3.05) is 7.11 Å². The molecule has 25 heavy (non-hydrogen) atoms. The highest BCUT2D eigenvalue weighted by molar-refractivity contribution is 6.04. The third-order valence-corrected chi connectivity index (χ3v) is 6.41. The number of phenolic OH excluding ortho intramolecular Hbond substituents is 2. The van der Waals surface area contributed by atoms with E-state index in [1.807, 2.05) is 13.8 Å². The van der Waals surface area contributed by atoms with Crippen LogP contribution in [0.2, 0.25) is 0 Å². The number of carbonyl (C=O) groups excluding carboxylic acids is 1. The molecule has 2 N–H and O–H groups in total. The van der Waals surface area contributed by atoms with Crippen LogP contribution in [0.4, 0.5) is 0 Å². The van der Waals surface area contributed by atoms with E-state index in [-0.39, 0.29) is 40.4 Å².